The highest BCUT2D eigenvalue weighted by Gasteiger charge is 2.01. The number of halogens is 1. The van der Waals surface area contributed by atoms with Crippen molar-refractivity contribution in [3.8, 4) is 0 Å². The molecule has 5 nitrogen and oxygen atoms in total. The third-order valence-corrected chi connectivity index (χ3v) is 1.45. The van der Waals surface area contributed by atoms with Crippen molar-refractivity contribution in [3.05, 3.63) is 17.5 Å². The first-order chi connectivity index (χ1) is 6.22. The molecule has 1 rings (SSSR count). The van der Waals surface area contributed by atoms with Gasteiger partial charge in [0, 0.05) is 6.07 Å². The number of carbonyl (C=O) groups is 1. The summed E-state index contributed by atoms with van der Waals surface area (Å²) < 4.78 is 0. The lowest BCUT2D eigenvalue weighted by Gasteiger charge is -2.02. The van der Waals surface area contributed by atoms with Gasteiger partial charge in [-0.15, -0.1) is 0 Å². The standard InChI is InChI=1S/C7H9ClN4O/c1-9-3-7(13)12-6-2-5(8)10-4-11-6/h2,4,9H,3H2,1H3,(H,10,11,12,13). The largest absolute Gasteiger partial charge is 0.311 e. The van der Waals surface area contributed by atoms with Crippen molar-refractivity contribution in [1.82, 2.24) is 15.3 Å². The summed E-state index contributed by atoms with van der Waals surface area (Å²) in [6.07, 6.45) is 1.29. The number of hydrogen-bond donors (Lipinski definition) is 2. The summed E-state index contributed by atoms with van der Waals surface area (Å²) >= 11 is 5.59. The third kappa shape index (κ3) is 3.35. The Morgan fingerprint density at radius 3 is 3.00 bits per heavy atom. The summed E-state index contributed by atoms with van der Waals surface area (Å²) in [5, 5.41) is 5.56. The molecule has 0 aromatic carbocycles. The van der Waals surface area contributed by atoms with Crippen LogP contribution in [0.4, 0.5) is 5.82 Å². The molecule has 0 aliphatic heterocycles. The Bertz CT molecular complexity index is 304. The van der Waals surface area contributed by atoms with Gasteiger partial charge >= 0.3 is 0 Å². The van der Waals surface area contributed by atoms with Gasteiger partial charge in [-0.3, -0.25) is 4.79 Å². The molecule has 0 bridgehead atoms. The van der Waals surface area contributed by atoms with Gasteiger partial charge in [-0.1, -0.05) is 11.6 Å². The Hall–Kier alpha value is -1.20. The number of nitrogens with one attached hydrogen (secondary N) is 2. The highest BCUT2D eigenvalue weighted by molar-refractivity contribution is 6.29. The summed E-state index contributed by atoms with van der Waals surface area (Å²) in [5.41, 5.74) is 0. The zero-order chi connectivity index (χ0) is 9.68. The molecule has 0 fully saturated rings. The summed E-state index contributed by atoms with van der Waals surface area (Å²) in [6.45, 7) is 0.238. The van der Waals surface area contributed by atoms with E-state index in [0.717, 1.165) is 0 Å². The molecule has 1 amide bonds. The fourth-order valence-electron chi connectivity index (χ4n) is 0.750. The molecule has 0 spiro atoms. The van der Waals surface area contributed by atoms with E-state index in [2.05, 4.69) is 20.6 Å². The third-order valence-electron chi connectivity index (χ3n) is 1.24. The summed E-state index contributed by atoms with van der Waals surface area (Å²) in [7, 11) is 1.69. The molecule has 0 radical (unpaired) electrons. The molecule has 0 aliphatic carbocycles. The fourth-order valence-corrected chi connectivity index (χ4v) is 0.897. The van der Waals surface area contributed by atoms with Gasteiger partial charge in [-0.2, -0.15) is 0 Å². The minimum Gasteiger partial charge on any atom is -0.311 e. The van der Waals surface area contributed by atoms with Crippen LogP contribution in [-0.4, -0.2) is 29.5 Å². The van der Waals surface area contributed by atoms with Crippen LogP contribution in [0.3, 0.4) is 0 Å². The first kappa shape index (κ1) is 9.88. The molecule has 2 N–H and O–H groups in total. The molecule has 0 atom stereocenters. The number of hydrogen-bond acceptors (Lipinski definition) is 4. The molecular formula is C7H9ClN4O. The molecule has 0 aliphatic rings. The van der Waals surface area contributed by atoms with Gasteiger partial charge in [-0.25, -0.2) is 9.97 Å². The smallest absolute Gasteiger partial charge is 0.239 e. The molecular weight excluding hydrogens is 192 g/mol. The number of amides is 1. The zero-order valence-corrected chi connectivity index (χ0v) is 7.80. The van der Waals surface area contributed by atoms with Crippen LogP contribution in [0.2, 0.25) is 5.15 Å². The number of likely N-dealkylation sites (N-methyl/N-ethyl adjacent to an activating group) is 1. The fraction of sp³-hybridized carbons (Fsp3) is 0.286. The van der Waals surface area contributed by atoms with Crippen molar-refractivity contribution in [3.63, 3.8) is 0 Å². The number of aromatic nitrogens is 2. The van der Waals surface area contributed by atoms with Crippen LogP contribution < -0.4 is 10.6 Å². The monoisotopic (exact) mass is 200 g/mol. The molecule has 0 unspecified atom stereocenters. The van der Waals surface area contributed by atoms with E-state index in [-0.39, 0.29) is 12.5 Å². The Balaban J connectivity index is 2.58. The second-order valence-electron chi connectivity index (χ2n) is 2.30. The lowest BCUT2D eigenvalue weighted by Crippen LogP contribution is -2.25. The Morgan fingerprint density at radius 1 is 1.62 bits per heavy atom. The molecule has 1 aromatic heterocycles. The second-order valence-corrected chi connectivity index (χ2v) is 2.69. The van der Waals surface area contributed by atoms with E-state index in [1.165, 1.54) is 12.4 Å². The highest BCUT2D eigenvalue weighted by Crippen LogP contribution is 2.07. The average molecular weight is 201 g/mol. The predicted molar refractivity (Wildman–Crippen MR) is 49.6 cm³/mol. The topological polar surface area (TPSA) is 66.9 Å². The van der Waals surface area contributed by atoms with E-state index in [4.69, 9.17) is 11.6 Å². The lowest BCUT2D eigenvalue weighted by atomic mass is 10.5. The van der Waals surface area contributed by atoms with Gasteiger partial charge in [0.15, 0.2) is 0 Å². The minimum absolute atomic E-state index is 0.169. The van der Waals surface area contributed by atoms with Gasteiger partial charge in [-0.05, 0) is 7.05 Å². The number of anilines is 1. The zero-order valence-electron chi connectivity index (χ0n) is 7.04. The minimum atomic E-state index is -0.169. The van der Waals surface area contributed by atoms with Crippen molar-refractivity contribution in [2.75, 3.05) is 18.9 Å². The van der Waals surface area contributed by atoms with Crippen LogP contribution in [0.1, 0.15) is 0 Å². The van der Waals surface area contributed by atoms with E-state index < -0.39 is 0 Å². The van der Waals surface area contributed by atoms with E-state index in [1.807, 2.05) is 0 Å². The Kier molecular flexibility index (Phi) is 3.60. The first-order valence-electron chi connectivity index (χ1n) is 3.64. The molecule has 13 heavy (non-hydrogen) atoms. The Morgan fingerprint density at radius 2 is 2.38 bits per heavy atom. The van der Waals surface area contributed by atoms with Gasteiger partial charge in [0.05, 0.1) is 6.54 Å². The van der Waals surface area contributed by atoms with E-state index in [1.54, 1.807) is 7.05 Å². The molecule has 0 saturated heterocycles. The predicted octanol–water partition coefficient (Wildman–Crippen LogP) is 0.288. The van der Waals surface area contributed by atoms with Crippen molar-refractivity contribution in [2.45, 2.75) is 0 Å². The van der Waals surface area contributed by atoms with Crippen LogP contribution in [-0.2, 0) is 4.79 Å². The van der Waals surface area contributed by atoms with E-state index in [0.29, 0.717) is 11.0 Å². The quantitative estimate of drug-likeness (QED) is 0.689. The molecule has 70 valence electrons. The number of rotatable bonds is 3. The van der Waals surface area contributed by atoms with Gasteiger partial charge in [0.1, 0.15) is 17.3 Å². The highest BCUT2D eigenvalue weighted by atomic mass is 35.5. The summed E-state index contributed by atoms with van der Waals surface area (Å²) in [4.78, 5) is 18.5. The van der Waals surface area contributed by atoms with Crippen LogP contribution in [0, 0.1) is 0 Å². The number of nitrogens with zero attached hydrogens (tertiary/aromatic N) is 2. The maximum Gasteiger partial charge on any atom is 0.239 e. The van der Waals surface area contributed by atoms with Gasteiger partial charge in [0.2, 0.25) is 5.91 Å². The molecule has 1 heterocycles. The van der Waals surface area contributed by atoms with E-state index in [9.17, 15) is 4.79 Å². The molecule has 1 aromatic rings. The lowest BCUT2D eigenvalue weighted by molar-refractivity contribution is -0.115. The maximum atomic E-state index is 11.0. The number of carbonyl (C=O) groups excluding carboxylic acids is 1. The Labute approximate surface area is 80.5 Å². The summed E-state index contributed by atoms with van der Waals surface area (Å²) in [5.74, 6) is 0.234. The van der Waals surface area contributed by atoms with Crippen LogP contribution in [0.25, 0.3) is 0 Å². The second kappa shape index (κ2) is 4.74. The van der Waals surface area contributed by atoms with Crippen LogP contribution in [0.15, 0.2) is 12.4 Å². The summed E-state index contributed by atoms with van der Waals surface area (Å²) in [6, 6.07) is 1.48. The molecule has 6 heteroatoms. The van der Waals surface area contributed by atoms with Crippen molar-refractivity contribution < 1.29 is 4.79 Å². The van der Waals surface area contributed by atoms with Gasteiger partial charge in [0.25, 0.3) is 0 Å². The SMILES string of the molecule is CNCC(=O)Nc1cc(Cl)ncn1. The van der Waals surface area contributed by atoms with Crippen LogP contribution in [0.5, 0.6) is 0 Å². The maximum absolute atomic E-state index is 11.0. The van der Waals surface area contributed by atoms with Crippen molar-refractivity contribution in [1.29, 1.82) is 0 Å². The molecule has 0 saturated carbocycles. The van der Waals surface area contributed by atoms with Crippen molar-refractivity contribution in [2.24, 2.45) is 0 Å². The van der Waals surface area contributed by atoms with Crippen LogP contribution >= 0.6 is 11.6 Å². The average Bonchev–Trinajstić information content (AvgIpc) is 2.04. The van der Waals surface area contributed by atoms with E-state index >= 15 is 0 Å². The van der Waals surface area contributed by atoms with Gasteiger partial charge < -0.3 is 10.6 Å². The first-order valence-corrected chi connectivity index (χ1v) is 4.02. The normalized spacial score (nSPS) is 9.69. The van der Waals surface area contributed by atoms with Crippen molar-refractivity contribution >= 4 is 23.3 Å².